The van der Waals surface area contributed by atoms with Crippen molar-refractivity contribution in [2.45, 2.75) is 15.2 Å². The largest absolute Gasteiger partial charge is 0.264 e. The molecule has 6 aromatic carbocycles. The SMILES string of the molecule is O=S1(=O)c2ccccc2C2(c3ccccc3-c3ccccc3-c3ccc(-c4nc(-c5ccccc5)nc(-c5cccnc5)n4)cc32)c2ccccc21. The Morgan fingerprint density at radius 1 is 0.404 bits per heavy atom. The maximum atomic E-state index is 14.5. The first-order valence-electron chi connectivity index (χ1n) is 17.1. The second-order valence-electron chi connectivity index (χ2n) is 13.0. The first-order chi connectivity index (χ1) is 25.5. The summed E-state index contributed by atoms with van der Waals surface area (Å²) < 4.78 is 28.9. The number of hydrogen-bond donors (Lipinski definition) is 0. The highest BCUT2D eigenvalue weighted by Crippen LogP contribution is 2.59. The zero-order valence-corrected chi connectivity index (χ0v) is 28.5. The van der Waals surface area contributed by atoms with Crippen LogP contribution in [0.2, 0.25) is 0 Å². The van der Waals surface area contributed by atoms with Gasteiger partial charge in [-0.3, -0.25) is 4.98 Å². The minimum absolute atomic E-state index is 0.302. The standard InChI is InChI=1S/C45H28N4O2S/c50-52(51)40-22-10-8-20-37(40)45(38-21-9-11-23-41(38)52)36-19-7-6-18-34(36)32-16-4-5-17-33(32)35-25-24-30(27-39(35)45)43-47-42(29-13-2-1-3-14-29)48-44(49-43)31-15-12-26-46-28-31/h1-28H. The fraction of sp³-hybridized carbons (Fsp3) is 0.0222. The van der Waals surface area contributed by atoms with Crippen LogP contribution in [0.5, 0.6) is 0 Å². The van der Waals surface area contributed by atoms with E-state index in [9.17, 15) is 8.42 Å². The summed E-state index contributed by atoms with van der Waals surface area (Å²) in [7, 11) is -3.83. The molecule has 2 aromatic heterocycles. The average Bonchev–Trinajstić information content (AvgIpc) is 3.32. The van der Waals surface area contributed by atoms with Crippen LogP contribution in [0.15, 0.2) is 180 Å². The van der Waals surface area contributed by atoms with Crippen LogP contribution in [0, 0.1) is 0 Å². The number of benzene rings is 6. The third-order valence-corrected chi connectivity index (χ3v) is 12.1. The second-order valence-corrected chi connectivity index (χ2v) is 14.9. The lowest BCUT2D eigenvalue weighted by Gasteiger charge is -2.42. The molecule has 1 aliphatic carbocycles. The fourth-order valence-electron chi connectivity index (χ4n) is 8.08. The van der Waals surface area contributed by atoms with Crippen LogP contribution in [0.1, 0.15) is 22.3 Å². The van der Waals surface area contributed by atoms with E-state index in [4.69, 9.17) is 15.0 Å². The maximum absolute atomic E-state index is 14.5. The summed E-state index contributed by atoms with van der Waals surface area (Å²) in [4.78, 5) is 19.9. The lowest BCUT2D eigenvalue weighted by molar-refractivity contribution is 0.579. The van der Waals surface area contributed by atoms with Gasteiger partial charge in [0.1, 0.15) is 0 Å². The van der Waals surface area contributed by atoms with Gasteiger partial charge in [0.2, 0.25) is 9.84 Å². The Labute approximate surface area is 301 Å². The van der Waals surface area contributed by atoms with Crippen LogP contribution in [-0.4, -0.2) is 28.4 Å². The molecule has 3 heterocycles. The van der Waals surface area contributed by atoms with Gasteiger partial charge in [-0.25, -0.2) is 23.4 Å². The third kappa shape index (κ3) is 4.33. The summed E-state index contributed by atoms with van der Waals surface area (Å²) in [5.41, 5.74) is 8.98. The highest BCUT2D eigenvalue weighted by atomic mass is 32.2. The van der Waals surface area contributed by atoms with Crippen molar-refractivity contribution in [1.29, 1.82) is 0 Å². The summed E-state index contributed by atoms with van der Waals surface area (Å²) in [5, 5.41) is 0. The average molecular weight is 689 g/mol. The molecule has 8 aromatic rings. The van der Waals surface area contributed by atoms with Gasteiger partial charge in [-0.1, -0.05) is 127 Å². The summed E-state index contributed by atoms with van der Waals surface area (Å²) in [6.07, 6.45) is 3.48. The van der Waals surface area contributed by atoms with Crippen molar-refractivity contribution in [3.63, 3.8) is 0 Å². The molecule has 7 heteroatoms. The van der Waals surface area contributed by atoms with E-state index in [1.54, 1.807) is 24.5 Å². The highest BCUT2D eigenvalue weighted by Gasteiger charge is 2.51. The van der Waals surface area contributed by atoms with Gasteiger partial charge in [-0.05, 0) is 74.8 Å². The van der Waals surface area contributed by atoms with Crippen molar-refractivity contribution in [3.8, 4) is 56.4 Å². The molecule has 6 nitrogen and oxygen atoms in total. The van der Waals surface area contributed by atoms with Gasteiger partial charge in [-0.2, -0.15) is 0 Å². The van der Waals surface area contributed by atoms with Gasteiger partial charge in [0.15, 0.2) is 17.5 Å². The predicted octanol–water partition coefficient (Wildman–Crippen LogP) is 9.44. The van der Waals surface area contributed by atoms with Gasteiger partial charge in [0.25, 0.3) is 0 Å². The van der Waals surface area contributed by atoms with Crippen LogP contribution < -0.4 is 0 Å². The molecule has 10 rings (SSSR count). The van der Waals surface area contributed by atoms with Crippen molar-refractivity contribution >= 4 is 9.84 Å². The number of fused-ring (bicyclic) bond motifs is 11. The second kappa shape index (κ2) is 11.5. The third-order valence-electron chi connectivity index (χ3n) is 10.3. The molecular weight excluding hydrogens is 661 g/mol. The molecule has 0 fully saturated rings. The summed E-state index contributed by atoms with van der Waals surface area (Å²) in [5.74, 6) is 1.56. The molecule has 1 spiro atoms. The Hall–Kier alpha value is -6.57. The van der Waals surface area contributed by atoms with Crippen molar-refractivity contribution < 1.29 is 8.42 Å². The zero-order chi connectivity index (χ0) is 34.9. The van der Waals surface area contributed by atoms with E-state index >= 15 is 0 Å². The molecule has 246 valence electrons. The number of pyridine rings is 1. The number of rotatable bonds is 3. The Balaban J connectivity index is 1.35. The van der Waals surface area contributed by atoms with E-state index in [0.717, 1.165) is 50.1 Å². The van der Waals surface area contributed by atoms with Crippen LogP contribution in [0.4, 0.5) is 0 Å². The van der Waals surface area contributed by atoms with Crippen LogP contribution >= 0.6 is 0 Å². The Morgan fingerprint density at radius 3 is 1.54 bits per heavy atom. The first-order valence-corrected chi connectivity index (χ1v) is 18.5. The van der Waals surface area contributed by atoms with Gasteiger partial charge in [0.05, 0.1) is 15.2 Å². The molecule has 2 aliphatic rings. The van der Waals surface area contributed by atoms with Gasteiger partial charge < -0.3 is 0 Å². The van der Waals surface area contributed by atoms with Crippen LogP contribution in [0.25, 0.3) is 56.4 Å². The summed E-state index contributed by atoms with van der Waals surface area (Å²) >= 11 is 0. The molecule has 0 atom stereocenters. The Bertz CT molecular complexity index is 2710. The molecule has 52 heavy (non-hydrogen) atoms. The van der Waals surface area contributed by atoms with Gasteiger partial charge in [0, 0.05) is 29.1 Å². The van der Waals surface area contributed by atoms with Crippen molar-refractivity contribution in [1.82, 2.24) is 19.9 Å². The Morgan fingerprint density at radius 2 is 0.904 bits per heavy atom. The molecule has 0 unspecified atom stereocenters. The highest BCUT2D eigenvalue weighted by molar-refractivity contribution is 7.91. The quantitative estimate of drug-likeness (QED) is 0.184. The van der Waals surface area contributed by atoms with Gasteiger partial charge in [-0.15, -0.1) is 0 Å². The van der Waals surface area contributed by atoms with E-state index in [-0.39, 0.29) is 0 Å². The topological polar surface area (TPSA) is 85.7 Å². The molecular formula is C45H28N4O2S. The first kappa shape index (κ1) is 30.3. The lowest BCUT2D eigenvalue weighted by Crippen LogP contribution is -2.38. The van der Waals surface area contributed by atoms with E-state index in [1.165, 1.54) is 0 Å². The Kier molecular flexibility index (Phi) is 6.68. The maximum Gasteiger partial charge on any atom is 0.207 e. The van der Waals surface area contributed by atoms with Crippen molar-refractivity contribution in [2.24, 2.45) is 0 Å². The van der Waals surface area contributed by atoms with E-state index in [0.29, 0.717) is 38.4 Å². The zero-order valence-electron chi connectivity index (χ0n) is 27.7. The van der Waals surface area contributed by atoms with Gasteiger partial charge >= 0.3 is 0 Å². The lowest BCUT2D eigenvalue weighted by atomic mass is 9.63. The molecule has 0 radical (unpaired) electrons. The smallest absolute Gasteiger partial charge is 0.207 e. The van der Waals surface area contributed by atoms with Crippen LogP contribution in [0.3, 0.4) is 0 Å². The minimum atomic E-state index is -3.83. The molecule has 0 saturated carbocycles. The molecule has 0 amide bonds. The fourth-order valence-corrected chi connectivity index (χ4v) is 9.86. The number of aromatic nitrogens is 4. The summed E-state index contributed by atoms with van der Waals surface area (Å²) in [6, 6.07) is 51.8. The van der Waals surface area contributed by atoms with Crippen molar-refractivity contribution in [2.75, 3.05) is 0 Å². The monoisotopic (exact) mass is 688 g/mol. The molecule has 1 aliphatic heterocycles. The minimum Gasteiger partial charge on any atom is -0.264 e. The molecule has 0 N–H and O–H groups in total. The number of sulfone groups is 1. The van der Waals surface area contributed by atoms with E-state index < -0.39 is 15.3 Å². The van der Waals surface area contributed by atoms with Crippen molar-refractivity contribution in [3.05, 3.63) is 192 Å². The summed E-state index contributed by atoms with van der Waals surface area (Å²) in [6.45, 7) is 0. The van der Waals surface area contributed by atoms with E-state index in [1.807, 2.05) is 84.9 Å². The molecule has 0 saturated heterocycles. The predicted molar refractivity (Wildman–Crippen MR) is 202 cm³/mol. The van der Waals surface area contributed by atoms with Crippen LogP contribution in [-0.2, 0) is 15.3 Å². The number of nitrogens with zero attached hydrogens (tertiary/aromatic N) is 4. The van der Waals surface area contributed by atoms with E-state index in [2.05, 4.69) is 65.6 Å². The number of hydrogen-bond acceptors (Lipinski definition) is 6. The normalized spacial score (nSPS) is 14.2. The molecule has 0 bridgehead atoms.